The Morgan fingerprint density at radius 3 is 2.71 bits per heavy atom. The zero-order chi connectivity index (χ0) is 18.9. The maximum Gasteiger partial charge on any atom is 0.197 e. The fourth-order valence-electron chi connectivity index (χ4n) is 3.52. The SMILES string of the molecule is COc1cccc2cc(N3CCc4nc(-c5ncccn5)ncc4C3)ncc12. The summed E-state index contributed by atoms with van der Waals surface area (Å²) in [6.07, 6.45) is 7.99. The highest BCUT2D eigenvalue weighted by atomic mass is 16.5. The summed E-state index contributed by atoms with van der Waals surface area (Å²) in [6.45, 7) is 1.58. The molecule has 0 N–H and O–H groups in total. The summed E-state index contributed by atoms with van der Waals surface area (Å²) >= 11 is 0. The highest BCUT2D eigenvalue weighted by Gasteiger charge is 2.20. The van der Waals surface area contributed by atoms with Crippen LogP contribution in [0.4, 0.5) is 5.82 Å². The predicted octanol–water partition coefficient (Wildman–Crippen LogP) is 3.05. The van der Waals surface area contributed by atoms with Crippen molar-refractivity contribution in [1.29, 1.82) is 0 Å². The van der Waals surface area contributed by atoms with Crippen molar-refractivity contribution in [3.8, 4) is 17.4 Å². The van der Waals surface area contributed by atoms with Gasteiger partial charge in [0.1, 0.15) is 11.6 Å². The number of nitrogens with zero attached hydrogens (tertiary/aromatic N) is 6. The lowest BCUT2D eigenvalue weighted by Crippen LogP contribution is -2.31. The first-order valence-electron chi connectivity index (χ1n) is 9.12. The summed E-state index contributed by atoms with van der Waals surface area (Å²) in [5, 5.41) is 2.13. The van der Waals surface area contributed by atoms with Gasteiger partial charge in [-0.1, -0.05) is 12.1 Å². The molecule has 0 saturated heterocycles. The van der Waals surface area contributed by atoms with Crippen molar-refractivity contribution in [1.82, 2.24) is 24.9 Å². The molecule has 0 radical (unpaired) electrons. The van der Waals surface area contributed by atoms with Crippen molar-refractivity contribution in [3.05, 3.63) is 66.4 Å². The molecule has 0 saturated carbocycles. The van der Waals surface area contributed by atoms with Gasteiger partial charge in [0.25, 0.3) is 0 Å². The number of rotatable bonds is 3. The first kappa shape index (κ1) is 16.6. The summed E-state index contributed by atoms with van der Waals surface area (Å²) in [5.74, 6) is 2.91. The fraction of sp³-hybridized carbons (Fsp3) is 0.190. The normalized spacial score (nSPS) is 13.4. The minimum absolute atomic E-state index is 0.554. The number of ether oxygens (including phenoxy) is 1. The van der Waals surface area contributed by atoms with Gasteiger partial charge >= 0.3 is 0 Å². The summed E-state index contributed by atoms with van der Waals surface area (Å²) in [7, 11) is 1.68. The average Bonchev–Trinajstić information content (AvgIpc) is 2.78. The molecule has 0 spiro atoms. The molecular formula is C21H18N6O. The third-order valence-corrected chi connectivity index (χ3v) is 4.95. The van der Waals surface area contributed by atoms with Gasteiger partial charge in [-0.25, -0.2) is 24.9 Å². The molecule has 0 amide bonds. The van der Waals surface area contributed by atoms with Crippen LogP contribution in [0.2, 0.25) is 0 Å². The van der Waals surface area contributed by atoms with Crippen LogP contribution in [0, 0.1) is 0 Å². The minimum Gasteiger partial charge on any atom is -0.496 e. The number of pyridine rings is 1. The first-order valence-corrected chi connectivity index (χ1v) is 9.12. The average molecular weight is 370 g/mol. The van der Waals surface area contributed by atoms with Crippen molar-refractivity contribution in [3.63, 3.8) is 0 Å². The topological polar surface area (TPSA) is 76.9 Å². The number of aromatic nitrogens is 5. The van der Waals surface area contributed by atoms with Gasteiger partial charge in [-0.3, -0.25) is 0 Å². The number of methoxy groups -OCH3 is 1. The molecule has 0 bridgehead atoms. The molecule has 4 aromatic rings. The van der Waals surface area contributed by atoms with Crippen LogP contribution in [0.1, 0.15) is 11.3 Å². The van der Waals surface area contributed by atoms with Crippen LogP contribution in [0.3, 0.4) is 0 Å². The van der Waals surface area contributed by atoms with Crippen molar-refractivity contribution in [2.75, 3.05) is 18.6 Å². The van der Waals surface area contributed by atoms with E-state index in [1.165, 1.54) is 0 Å². The molecule has 1 aromatic carbocycles. The lowest BCUT2D eigenvalue weighted by molar-refractivity contribution is 0.419. The van der Waals surface area contributed by atoms with E-state index in [1.807, 2.05) is 24.5 Å². The van der Waals surface area contributed by atoms with Gasteiger partial charge in [-0.15, -0.1) is 0 Å². The molecule has 7 heteroatoms. The van der Waals surface area contributed by atoms with Gasteiger partial charge < -0.3 is 9.64 Å². The smallest absolute Gasteiger partial charge is 0.197 e. The van der Waals surface area contributed by atoms with E-state index in [1.54, 1.807) is 25.6 Å². The zero-order valence-corrected chi connectivity index (χ0v) is 15.4. The van der Waals surface area contributed by atoms with E-state index in [9.17, 15) is 0 Å². The van der Waals surface area contributed by atoms with Crippen LogP contribution < -0.4 is 9.64 Å². The Hall–Kier alpha value is -3.61. The van der Waals surface area contributed by atoms with Crippen LogP contribution in [0.15, 0.2) is 55.1 Å². The highest BCUT2D eigenvalue weighted by molar-refractivity contribution is 5.89. The van der Waals surface area contributed by atoms with Gasteiger partial charge in [0.05, 0.1) is 12.8 Å². The van der Waals surface area contributed by atoms with Crippen molar-refractivity contribution in [2.45, 2.75) is 13.0 Å². The number of benzene rings is 1. The Bertz CT molecular complexity index is 1150. The maximum absolute atomic E-state index is 5.43. The van der Waals surface area contributed by atoms with Gasteiger partial charge in [0, 0.05) is 55.2 Å². The summed E-state index contributed by atoms with van der Waals surface area (Å²) in [6, 6.07) is 9.92. The third kappa shape index (κ3) is 2.90. The molecule has 5 rings (SSSR count). The van der Waals surface area contributed by atoms with Crippen LogP contribution >= 0.6 is 0 Å². The van der Waals surface area contributed by atoms with E-state index >= 15 is 0 Å². The Balaban J connectivity index is 1.44. The third-order valence-electron chi connectivity index (χ3n) is 4.95. The summed E-state index contributed by atoms with van der Waals surface area (Å²) in [4.78, 5) is 24.5. The van der Waals surface area contributed by atoms with E-state index in [-0.39, 0.29) is 0 Å². The monoisotopic (exact) mass is 370 g/mol. The van der Waals surface area contributed by atoms with Crippen molar-refractivity contribution >= 4 is 16.6 Å². The summed E-state index contributed by atoms with van der Waals surface area (Å²) < 4.78 is 5.43. The minimum atomic E-state index is 0.554. The van der Waals surface area contributed by atoms with Crippen LogP contribution in [-0.4, -0.2) is 38.6 Å². The standard InChI is InChI=1S/C21H18N6O/c1-28-18-5-2-4-14-10-19(24-12-16(14)18)27-9-6-17-15(13-27)11-25-21(26-17)20-22-7-3-8-23-20/h2-5,7-8,10-12H,6,9,13H2,1H3. The van der Waals surface area contributed by atoms with E-state index < -0.39 is 0 Å². The molecule has 7 nitrogen and oxygen atoms in total. The van der Waals surface area contributed by atoms with E-state index in [0.29, 0.717) is 11.6 Å². The molecule has 28 heavy (non-hydrogen) atoms. The van der Waals surface area contributed by atoms with E-state index in [0.717, 1.165) is 53.1 Å². The van der Waals surface area contributed by atoms with Crippen molar-refractivity contribution < 1.29 is 4.74 Å². The molecular weight excluding hydrogens is 352 g/mol. The number of hydrogen-bond acceptors (Lipinski definition) is 7. The Kier molecular flexibility index (Phi) is 4.05. The molecule has 3 aromatic heterocycles. The van der Waals surface area contributed by atoms with Crippen LogP contribution in [0.5, 0.6) is 5.75 Å². The van der Waals surface area contributed by atoms with Crippen LogP contribution in [-0.2, 0) is 13.0 Å². The second-order valence-corrected chi connectivity index (χ2v) is 6.63. The Morgan fingerprint density at radius 1 is 0.964 bits per heavy atom. The van der Waals surface area contributed by atoms with Crippen LogP contribution in [0.25, 0.3) is 22.4 Å². The Morgan fingerprint density at radius 2 is 1.86 bits per heavy atom. The number of anilines is 1. The lowest BCUT2D eigenvalue weighted by atomic mass is 10.1. The first-order chi connectivity index (χ1) is 13.8. The highest BCUT2D eigenvalue weighted by Crippen LogP contribution is 2.29. The van der Waals surface area contributed by atoms with E-state index in [2.05, 4.69) is 42.0 Å². The molecule has 1 aliphatic heterocycles. The molecule has 138 valence electrons. The Labute approximate surface area is 162 Å². The van der Waals surface area contributed by atoms with Gasteiger partial charge in [0.15, 0.2) is 11.6 Å². The summed E-state index contributed by atoms with van der Waals surface area (Å²) in [5.41, 5.74) is 2.16. The van der Waals surface area contributed by atoms with Gasteiger partial charge in [-0.05, 0) is 23.6 Å². The lowest BCUT2D eigenvalue weighted by Gasteiger charge is -2.29. The number of hydrogen-bond donors (Lipinski definition) is 0. The molecule has 0 unspecified atom stereocenters. The largest absolute Gasteiger partial charge is 0.496 e. The fourth-order valence-corrected chi connectivity index (χ4v) is 3.52. The molecule has 0 fully saturated rings. The molecule has 4 heterocycles. The van der Waals surface area contributed by atoms with Gasteiger partial charge in [-0.2, -0.15) is 0 Å². The van der Waals surface area contributed by atoms with E-state index in [4.69, 9.17) is 4.74 Å². The molecule has 0 atom stereocenters. The molecule has 1 aliphatic rings. The number of fused-ring (bicyclic) bond motifs is 2. The second kappa shape index (κ2) is 6.84. The maximum atomic E-state index is 5.43. The second-order valence-electron chi connectivity index (χ2n) is 6.63. The molecule has 0 aliphatic carbocycles. The van der Waals surface area contributed by atoms with Crippen molar-refractivity contribution in [2.24, 2.45) is 0 Å². The zero-order valence-electron chi connectivity index (χ0n) is 15.4. The quantitative estimate of drug-likeness (QED) is 0.548. The predicted molar refractivity (Wildman–Crippen MR) is 106 cm³/mol. The van der Waals surface area contributed by atoms with Gasteiger partial charge in [0.2, 0.25) is 0 Å².